The molecule has 5 heteroatoms. The molecule has 1 aliphatic carbocycles. The van der Waals surface area contributed by atoms with Gasteiger partial charge in [0.15, 0.2) is 11.6 Å². The van der Waals surface area contributed by atoms with Gasteiger partial charge in [0.2, 0.25) is 0 Å². The van der Waals surface area contributed by atoms with Crippen molar-refractivity contribution in [3.05, 3.63) is 34.4 Å². The number of fused-ring (bicyclic) bond motifs is 1. The van der Waals surface area contributed by atoms with Crippen LogP contribution in [0.15, 0.2) is 12.1 Å². The van der Waals surface area contributed by atoms with Gasteiger partial charge in [0.05, 0.1) is 6.42 Å². The predicted octanol–water partition coefficient (Wildman–Crippen LogP) is 0.371. The third kappa shape index (κ3) is 1.93. The van der Waals surface area contributed by atoms with Crippen LogP contribution in [0, 0.1) is 31.1 Å². The Morgan fingerprint density at radius 2 is 1.25 bits per heavy atom. The average molecular weight is 438 g/mol. The largest absolute Gasteiger partial charge is 2.00 e. The average Bonchev–Trinajstić information content (AvgIpc) is 2.52. The zero-order valence-electron chi connectivity index (χ0n) is 7.99. The molecule has 2 rings (SSSR count). The zero-order chi connectivity index (χ0) is 11.0. The van der Waals surface area contributed by atoms with Crippen LogP contribution in [0.5, 0.6) is 0 Å². The van der Waals surface area contributed by atoms with E-state index >= 15 is 0 Å². The Bertz CT molecular complexity index is 460. The van der Waals surface area contributed by atoms with Gasteiger partial charge in [-0.05, 0) is 12.6 Å². The molecular weight excluding hydrogens is 434 g/mol. The number of rotatable bonds is 2. The van der Waals surface area contributed by atoms with Gasteiger partial charge in [-0.3, -0.25) is 20.7 Å². The van der Waals surface area contributed by atoms with Gasteiger partial charge in [-0.15, -0.1) is 0 Å². The first kappa shape index (κ1) is 13.0. The van der Waals surface area contributed by atoms with Crippen LogP contribution in [-0.4, -0.2) is 24.1 Å². The maximum atomic E-state index is 11.3. The summed E-state index contributed by atoms with van der Waals surface area (Å²) in [5, 5.41) is 0. The first-order valence-electron chi connectivity index (χ1n) is 4.18. The Hall–Kier alpha value is -1.05. The molecular formula is C11H4O4U. The molecule has 0 saturated heterocycles. The quantitative estimate of drug-likeness (QED) is 0.495. The fourth-order valence-corrected chi connectivity index (χ4v) is 1.57. The number of benzene rings is 1. The minimum absolute atomic E-state index is 0. The molecule has 0 radical (unpaired) electrons. The van der Waals surface area contributed by atoms with E-state index < -0.39 is 0 Å². The first-order chi connectivity index (χ1) is 7.17. The maximum absolute atomic E-state index is 11.3. The van der Waals surface area contributed by atoms with E-state index in [-0.39, 0.29) is 71.4 Å². The fraction of sp³-hybridized carbons (Fsp3) is 0.0909. The van der Waals surface area contributed by atoms with Gasteiger partial charge < -0.3 is 9.59 Å². The van der Waals surface area contributed by atoms with E-state index in [9.17, 15) is 19.2 Å². The number of carbonyl (C=O) groups excluding carboxylic acids is 4. The molecule has 0 aliphatic heterocycles. The molecule has 0 aromatic heterocycles. The van der Waals surface area contributed by atoms with Gasteiger partial charge in [0, 0.05) is 0 Å². The summed E-state index contributed by atoms with van der Waals surface area (Å²) in [5.74, 6) is -0.659. The monoisotopic (exact) mass is 438 g/mol. The molecule has 0 N–H and O–H groups in total. The third-order valence-electron chi connectivity index (χ3n) is 2.30. The summed E-state index contributed by atoms with van der Waals surface area (Å²) in [6.45, 7) is 0. The third-order valence-corrected chi connectivity index (χ3v) is 2.30. The first-order valence-corrected chi connectivity index (χ1v) is 4.18. The van der Waals surface area contributed by atoms with Crippen molar-refractivity contribution in [3.8, 4) is 0 Å². The van der Waals surface area contributed by atoms with Crippen LogP contribution in [0.1, 0.15) is 38.3 Å². The number of hydrogen-bond donors (Lipinski definition) is 0. The number of Topliss-reactive ketones (excluding diaryl/α,β-unsaturated/α-hetero) is 2. The summed E-state index contributed by atoms with van der Waals surface area (Å²) in [5.41, 5.74) is 0.313. The van der Waals surface area contributed by atoms with Crippen molar-refractivity contribution in [2.24, 2.45) is 0 Å². The summed E-state index contributed by atoms with van der Waals surface area (Å²) in [7, 11) is 0. The molecule has 0 unspecified atom stereocenters. The van der Waals surface area contributed by atoms with Gasteiger partial charge in [-0.25, -0.2) is 12.1 Å². The molecule has 4 nitrogen and oxygen atoms in total. The maximum Gasteiger partial charge on any atom is 2.00 e. The van der Waals surface area contributed by atoms with E-state index in [1.165, 1.54) is 24.7 Å². The molecule has 0 saturated carbocycles. The Balaban J connectivity index is 0.00000128. The molecule has 76 valence electrons. The number of ketones is 2. The molecule has 16 heavy (non-hydrogen) atoms. The van der Waals surface area contributed by atoms with E-state index in [2.05, 4.69) is 0 Å². The van der Waals surface area contributed by atoms with Crippen LogP contribution < -0.4 is 0 Å². The van der Waals surface area contributed by atoms with E-state index in [0.29, 0.717) is 0 Å². The SMILES string of the molecule is O=[C-]c1cc2c(cc1[C-]=O)C(=O)CC2=O.[U+2]. The van der Waals surface area contributed by atoms with Crippen LogP contribution in [0.4, 0.5) is 0 Å². The summed E-state index contributed by atoms with van der Waals surface area (Å²) in [6, 6.07) is 2.44. The van der Waals surface area contributed by atoms with Gasteiger partial charge in [-0.1, -0.05) is 11.1 Å². The Morgan fingerprint density at radius 1 is 0.875 bits per heavy atom. The smallest absolute Gasteiger partial charge is 0.391 e. The van der Waals surface area contributed by atoms with Crippen LogP contribution in [0.3, 0.4) is 0 Å². The van der Waals surface area contributed by atoms with Crippen molar-refractivity contribution in [2.45, 2.75) is 6.42 Å². The molecule has 1 aliphatic rings. The van der Waals surface area contributed by atoms with E-state index in [0.717, 1.165) is 0 Å². The van der Waals surface area contributed by atoms with Crippen molar-refractivity contribution >= 4 is 24.1 Å². The van der Waals surface area contributed by atoms with Gasteiger partial charge in [0.25, 0.3) is 0 Å². The fourth-order valence-electron chi connectivity index (χ4n) is 1.57. The molecule has 0 fully saturated rings. The molecule has 0 bridgehead atoms. The molecule has 1 aromatic rings. The Morgan fingerprint density at radius 3 is 1.56 bits per heavy atom. The van der Waals surface area contributed by atoms with E-state index in [1.807, 2.05) is 0 Å². The second-order valence-corrected chi connectivity index (χ2v) is 3.17. The minimum atomic E-state index is -0.330. The second-order valence-electron chi connectivity index (χ2n) is 3.17. The van der Waals surface area contributed by atoms with Gasteiger partial charge >= 0.3 is 31.1 Å². The number of carbonyl (C=O) groups is 2. The molecule has 1 aromatic carbocycles. The minimum Gasteiger partial charge on any atom is -0.391 e. The zero-order valence-corrected chi connectivity index (χ0v) is 12.2. The second kappa shape index (κ2) is 4.86. The van der Waals surface area contributed by atoms with Crippen LogP contribution in [-0.2, 0) is 9.59 Å². The van der Waals surface area contributed by atoms with Crippen LogP contribution in [0.2, 0.25) is 0 Å². The summed E-state index contributed by atoms with van der Waals surface area (Å²) < 4.78 is 0. The Labute approximate surface area is 115 Å². The standard InChI is InChI=1S/C11H4O4.U/c12-4-6-1-8-9(2-7(6)5-13)11(15)3-10(8)14;/h1-2H,3H2;/q-2;+2. The van der Waals surface area contributed by atoms with Gasteiger partial charge in [0.1, 0.15) is 0 Å². The Kier molecular flexibility index (Phi) is 3.95. The molecule has 0 spiro atoms. The van der Waals surface area contributed by atoms with E-state index in [1.54, 1.807) is 0 Å². The summed E-state index contributed by atoms with van der Waals surface area (Å²) in [6.07, 6.45) is 2.87. The van der Waals surface area contributed by atoms with Gasteiger partial charge in [-0.2, -0.15) is 0 Å². The topological polar surface area (TPSA) is 68.3 Å². The van der Waals surface area contributed by atoms with Crippen molar-refractivity contribution in [1.29, 1.82) is 0 Å². The van der Waals surface area contributed by atoms with Crippen LogP contribution >= 0.6 is 0 Å². The van der Waals surface area contributed by atoms with Crippen molar-refractivity contribution < 1.29 is 50.3 Å². The molecule has 0 amide bonds. The summed E-state index contributed by atoms with van der Waals surface area (Å²) >= 11 is 0. The van der Waals surface area contributed by atoms with E-state index in [4.69, 9.17) is 0 Å². The normalized spacial score (nSPS) is 13.0. The molecule has 0 atom stereocenters. The van der Waals surface area contributed by atoms with Crippen molar-refractivity contribution in [2.75, 3.05) is 0 Å². The van der Waals surface area contributed by atoms with Crippen LogP contribution in [0.25, 0.3) is 0 Å². The van der Waals surface area contributed by atoms with Crippen molar-refractivity contribution in [3.63, 3.8) is 0 Å². The predicted molar refractivity (Wildman–Crippen MR) is 49.3 cm³/mol. The number of hydrogen-bond acceptors (Lipinski definition) is 4. The molecule has 0 heterocycles. The van der Waals surface area contributed by atoms with Crippen molar-refractivity contribution in [1.82, 2.24) is 0 Å². The summed E-state index contributed by atoms with van der Waals surface area (Å²) in [4.78, 5) is 43.5.